The van der Waals surface area contributed by atoms with Gasteiger partial charge in [0.2, 0.25) is 0 Å². The van der Waals surface area contributed by atoms with Gasteiger partial charge >= 0.3 is 0 Å². The quantitative estimate of drug-likeness (QED) is 0.581. The van der Waals surface area contributed by atoms with Gasteiger partial charge in [-0.05, 0) is 17.8 Å². The van der Waals surface area contributed by atoms with Gasteiger partial charge in [0, 0.05) is 11.1 Å². The number of carbonyl (C=O) groups excluding carboxylic acids is 1. The van der Waals surface area contributed by atoms with E-state index < -0.39 is 4.87 Å². The summed E-state index contributed by atoms with van der Waals surface area (Å²) < 4.78 is 0. The highest BCUT2D eigenvalue weighted by molar-refractivity contribution is 6.28. The SMILES string of the molecule is CC1(Cl)C=C(C(C)(C)C)C(=O)C(C(C)(C)C)=C1. The highest BCUT2D eigenvalue weighted by Crippen LogP contribution is 2.41. The molecule has 0 amide bonds. The lowest BCUT2D eigenvalue weighted by Crippen LogP contribution is -2.32. The summed E-state index contributed by atoms with van der Waals surface area (Å²) in [5.74, 6) is 0.142. The van der Waals surface area contributed by atoms with Crippen LogP contribution in [0, 0.1) is 10.8 Å². The zero-order chi connectivity index (χ0) is 13.6. The van der Waals surface area contributed by atoms with E-state index in [0.29, 0.717) is 0 Å². The summed E-state index contributed by atoms with van der Waals surface area (Å²) in [6, 6.07) is 0. The van der Waals surface area contributed by atoms with Gasteiger partial charge < -0.3 is 0 Å². The van der Waals surface area contributed by atoms with Crippen molar-refractivity contribution in [3.63, 3.8) is 0 Å². The molecule has 1 aliphatic rings. The van der Waals surface area contributed by atoms with Gasteiger partial charge in [0.15, 0.2) is 5.78 Å². The van der Waals surface area contributed by atoms with E-state index in [1.54, 1.807) is 0 Å². The van der Waals surface area contributed by atoms with Crippen LogP contribution in [-0.4, -0.2) is 10.7 Å². The van der Waals surface area contributed by atoms with E-state index in [0.717, 1.165) is 11.1 Å². The number of hydrogen-bond donors (Lipinski definition) is 0. The van der Waals surface area contributed by atoms with Crippen molar-refractivity contribution in [3.05, 3.63) is 23.3 Å². The van der Waals surface area contributed by atoms with Crippen LogP contribution in [0.4, 0.5) is 0 Å². The first kappa shape index (κ1) is 14.5. The summed E-state index contributed by atoms with van der Waals surface area (Å²) in [7, 11) is 0. The van der Waals surface area contributed by atoms with Crippen LogP contribution in [0.5, 0.6) is 0 Å². The van der Waals surface area contributed by atoms with Crippen LogP contribution >= 0.6 is 11.6 Å². The second-order valence-corrected chi connectivity index (χ2v) is 7.91. The van der Waals surface area contributed by atoms with Crippen LogP contribution in [0.15, 0.2) is 23.3 Å². The molecule has 0 spiro atoms. The Kier molecular flexibility index (Phi) is 3.40. The smallest absolute Gasteiger partial charge is 0.185 e. The van der Waals surface area contributed by atoms with E-state index in [1.807, 2.05) is 19.1 Å². The van der Waals surface area contributed by atoms with Crippen LogP contribution < -0.4 is 0 Å². The molecule has 96 valence electrons. The predicted molar refractivity (Wildman–Crippen MR) is 74.3 cm³/mol. The second-order valence-electron chi connectivity index (χ2n) is 7.10. The van der Waals surface area contributed by atoms with Gasteiger partial charge in [0.25, 0.3) is 0 Å². The molecule has 0 bridgehead atoms. The number of allylic oxidation sites excluding steroid dienone is 4. The fourth-order valence-electron chi connectivity index (χ4n) is 2.00. The third kappa shape index (κ3) is 3.22. The number of carbonyl (C=O) groups is 1. The Labute approximate surface area is 110 Å². The van der Waals surface area contributed by atoms with Crippen molar-refractivity contribution in [2.24, 2.45) is 10.8 Å². The van der Waals surface area contributed by atoms with E-state index in [4.69, 9.17) is 11.6 Å². The topological polar surface area (TPSA) is 17.1 Å². The van der Waals surface area contributed by atoms with Crippen LogP contribution in [0.1, 0.15) is 48.5 Å². The van der Waals surface area contributed by atoms with Crippen molar-refractivity contribution < 1.29 is 4.79 Å². The standard InChI is InChI=1S/C15H23ClO/c1-13(2,3)10-8-15(7,16)9-11(12(10)17)14(4,5)6/h8-9H,1-7H3. The summed E-state index contributed by atoms with van der Waals surface area (Å²) in [5, 5.41) is 0. The monoisotopic (exact) mass is 254 g/mol. The minimum atomic E-state index is -0.556. The molecule has 1 aliphatic carbocycles. The third-order valence-corrected chi connectivity index (χ3v) is 3.18. The normalized spacial score (nSPS) is 21.1. The highest BCUT2D eigenvalue weighted by atomic mass is 35.5. The minimum Gasteiger partial charge on any atom is -0.289 e. The lowest BCUT2D eigenvalue weighted by molar-refractivity contribution is -0.114. The Bertz CT molecular complexity index is 362. The molecule has 0 radical (unpaired) electrons. The highest BCUT2D eigenvalue weighted by Gasteiger charge is 2.38. The zero-order valence-corrected chi connectivity index (χ0v) is 12.7. The first-order valence-electron chi connectivity index (χ1n) is 6.05. The van der Waals surface area contributed by atoms with Crippen molar-refractivity contribution in [2.75, 3.05) is 0 Å². The molecule has 0 aliphatic heterocycles. The van der Waals surface area contributed by atoms with Crippen LogP contribution in [-0.2, 0) is 4.79 Å². The molecule has 0 aromatic rings. The molecule has 0 aromatic heterocycles. The lowest BCUT2D eigenvalue weighted by Gasteiger charge is -2.34. The van der Waals surface area contributed by atoms with Crippen molar-refractivity contribution in [1.29, 1.82) is 0 Å². The van der Waals surface area contributed by atoms with E-state index in [1.165, 1.54) is 0 Å². The van der Waals surface area contributed by atoms with Crippen LogP contribution in [0.3, 0.4) is 0 Å². The first-order valence-corrected chi connectivity index (χ1v) is 6.43. The van der Waals surface area contributed by atoms with Crippen LogP contribution in [0.2, 0.25) is 0 Å². The summed E-state index contributed by atoms with van der Waals surface area (Å²) in [4.78, 5) is 12.0. The molecule has 0 unspecified atom stereocenters. The predicted octanol–water partition coefficient (Wildman–Crippen LogP) is 4.51. The third-order valence-electron chi connectivity index (χ3n) is 2.96. The minimum absolute atomic E-state index is 0.142. The number of ketones is 1. The number of alkyl halides is 1. The van der Waals surface area contributed by atoms with Gasteiger partial charge in [-0.3, -0.25) is 4.79 Å². The number of Topliss-reactive ketones (excluding diaryl/α,β-unsaturated/α-hetero) is 1. The van der Waals surface area contributed by atoms with Gasteiger partial charge in [0.05, 0.1) is 4.87 Å². The fraction of sp³-hybridized carbons (Fsp3) is 0.667. The summed E-state index contributed by atoms with van der Waals surface area (Å²) in [6.07, 6.45) is 3.79. The number of halogens is 1. The molecule has 0 heterocycles. The lowest BCUT2D eigenvalue weighted by atomic mass is 9.71. The van der Waals surface area contributed by atoms with Crippen LogP contribution in [0.25, 0.3) is 0 Å². The van der Waals surface area contributed by atoms with Gasteiger partial charge in [-0.15, -0.1) is 11.6 Å². The Hall–Kier alpha value is -0.560. The molecule has 0 aromatic carbocycles. The van der Waals surface area contributed by atoms with Gasteiger partial charge in [-0.25, -0.2) is 0 Å². The Morgan fingerprint density at radius 1 is 0.941 bits per heavy atom. The Balaban J connectivity index is 3.34. The molecular formula is C15H23ClO. The van der Waals surface area contributed by atoms with Crippen molar-refractivity contribution in [1.82, 2.24) is 0 Å². The average molecular weight is 255 g/mol. The number of rotatable bonds is 0. The molecule has 1 rings (SSSR count). The van der Waals surface area contributed by atoms with Gasteiger partial charge in [-0.2, -0.15) is 0 Å². The van der Waals surface area contributed by atoms with Crippen molar-refractivity contribution in [3.8, 4) is 0 Å². The average Bonchev–Trinajstić information content (AvgIpc) is 2.04. The largest absolute Gasteiger partial charge is 0.289 e. The Morgan fingerprint density at radius 2 is 1.24 bits per heavy atom. The van der Waals surface area contributed by atoms with E-state index in [2.05, 4.69) is 41.5 Å². The molecule has 2 heteroatoms. The molecular weight excluding hydrogens is 232 g/mol. The molecule has 1 nitrogen and oxygen atoms in total. The van der Waals surface area contributed by atoms with Crippen molar-refractivity contribution >= 4 is 17.4 Å². The van der Waals surface area contributed by atoms with Gasteiger partial charge in [-0.1, -0.05) is 53.7 Å². The zero-order valence-electron chi connectivity index (χ0n) is 11.9. The molecule has 0 fully saturated rings. The molecule has 0 saturated carbocycles. The summed E-state index contributed by atoms with van der Waals surface area (Å²) in [6.45, 7) is 14.2. The van der Waals surface area contributed by atoms with Crippen molar-refractivity contribution in [2.45, 2.75) is 53.3 Å². The summed E-state index contributed by atoms with van der Waals surface area (Å²) in [5.41, 5.74) is 1.31. The molecule has 0 saturated heterocycles. The maximum absolute atomic E-state index is 12.5. The maximum Gasteiger partial charge on any atom is 0.185 e. The molecule has 0 atom stereocenters. The van der Waals surface area contributed by atoms with E-state index >= 15 is 0 Å². The van der Waals surface area contributed by atoms with Gasteiger partial charge in [0.1, 0.15) is 0 Å². The first-order chi connectivity index (χ1) is 7.34. The van der Waals surface area contributed by atoms with E-state index in [9.17, 15) is 4.79 Å². The second kappa shape index (κ2) is 3.98. The number of hydrogen-bond acceptors (Lipinski definition) is 1. The summed E-state index contributed by atoms with van der Waals surface area (Å²) >= 11 is 6.43. The molecule has 17 heavy (non-hydrogen) atoms. The van der Waals surface area contributed by atoms with E-state index in [-0.39, 0.29) is 16.6 Å². The fourth-order valence-corrected chi connectivity index (χ4v) is 2.21. The Morgan fingerprint density at radius 3 is 1.47 bits per heavy atom. The molecule has 0 N–H and O–H groups in total. The maximum atomic E-state index is 12.5.